The van der Waals surface area contributed by atoms with Crippen LogP contribution in [-0.2, 0) is 15.6 Å². The summed E-state index contributed by atoms with van der Waals surface area (Å²) in [4.78, 5) is 0. The van der Waals surface area contributed by atoms with Crippen LogP contribution < -0.4 is 0 Å². The van der Waals surface area contributed by atoms with Crippen molar-refractivity contribution < 1.29 is 4.74 Å². The van der Waals surface area contributed by atoms with E-state index in [2.05, 4.69) is 12.5 Å². The molecule has 0 amide bonds. The second-order valence-corrected chi connectivity index (χ2v) is 3.65. The molecule has 0 spiro atoms. The Hall–Kier alpha value is 0.310. The molecule has 0 aromatic rings. The van der Waals surface area contributed by atoms with Crippen molar-refractivity contribution in [2.75, 3.05) is 25.2 Å². The molecule has 106 valence electrons. The first-order chi connectivity index (χ1) is 3.77. The van der Waals surface area contributed by atoms with Crippen molar-refractivity contribution in [3.8, 4) is 0 Å². The van der Waals surface area contributed by atoms with Crippen molar-refractivity contribution in [2.24, 2.45) is 0 Å². The monoisotopic (exact) mass is 246 g/mol. The van der Waals surface area contributed by atoms with Gasteiger partial charge in [0.2, 0.25) is 0 Å². The zero-order valence-corrected chi connectivity index (χ0v) is 6.46. The summed E-state index contributed by atoms with van der Waals surface area (Å²) in [5, 5.41) is 0. The summed E-state index contributed by atoms with van der Waals surface area (Å²) in [5.41, 5.74) is 0. The molecule has 0 fully saturated rings. The van der Waals surface area contributed by atoms with Gasteiger partial charge < -0.3 is 4.74 Å². The molecule has 0 saturated carbocycles. The minimum atomic E-state index is 0. The number of rotatable bonds is 4. The molecule has 2 heteroatoms. The Labute approximate surface area is 106 Å². The molecule has 0 rings (SSSR count). The molecule has 0 radical (unpaired) electrons. The van der Waals surface area contributed by atoms with Gasteiger partial charge in [-0.3, -0.25) is 0 Å². The van der Waals surface area contributed by atoms with E-state index in [0.717, 1.165) is 19.0 Å². The van der Waals surface area contributed by atoms with Crippen molar-refractivity contribution in [1.82, 2.24) is 0 Å². The second kappa shape index (κ2) is 47.4. The molecule has 1 unspecified atom stereocenters. The Bertz CT molecular complexity index is 47.8. The fourth-order valence-electron chi connectivity index (χ4n) is 0.346. The highest BCUT2D eigenvalue weighted by molar-refractivity contribution is 7.97. The largest absolute Gasteiger partial charge is 0.377 e. The van der Waals surface area contributed by atoms with Gasteiger partial charge in [0.25, 0.3) is 0 Å². The molecule has 0 aromatic heterocycles. The third kappa shape index (κ3) is 76.9. The van der Waals surface area contributed by atoms with E-state index in [1.807, 2.05) is 6.92 Å². The van der Waals surface area contributed by atoms with Crippen molar-refractivity contribution in [3.05, 3.63) is 6.26 Å². The zero-order chi connectivity index (χ0) is 6.41. The number of hydrogen-bond acceptors (Lipinski definition) is 1. The van der Waals surface area contributed by atoms with Crippen LogP contribution in [0.25, 0.3) is 0 Å². The highest BCUT2D eigenvalue weighted by atomic mass is 32.2. The van der Waals surface area contributed by atoms with Gasteiger partial charge in [0.1, 0.15) is 5.75 Å². The van der Waals surface area contributed by atoms with Gasteiger partial charge in [0.05, 0.1) is 12.9 Å². The molecule has 0 saturated heterocycles. The molecule has 0 aliphatic heterocycles. The summed E-state index contributed by atoms with van der Waals surface area (Å²) in [6.45, 7) is 3.72. The van der Waals surface area contributed by atoms with Crippen LogP contribution >= 0.6 is 0 Å². The fourth-order valence-corrected chi connectivity index (χ4v) is 0.748. The van der Waals surface area contributed by atoms with E-state index in [1.165, 1.54) is 0 Å². The maximum atomic E-state index is 5.11. The summed E-state index contributed by atoms with van der Waals surface area (Å²) >= 11 is 0. The first-order valence-electron chi connectivity index (χ1n) is 2.77. The predicted octanol–water partition coefficient (Wildman–Crippen LogP) is 5.52. The van der Waals surface area contributed by atoms with Gasteiger partial charge in [0.15, 0.2) is 0 Å². The first kappa shape index (κ1) is 58.7. The van der Waals surface area contributed by atoms with Crippen molar-refractivity contribution in [2.45, 2.75) is 58.9 Å². The van der Waals surface area contributed by atoms with Gasteiger partial charge in [0, 0.05) is 6.61 Å². The Balaban J connectivity index is -0.0000000117. The molecule has 0 aliphatic rings. The lowest BCUT2D eigenvalue weighted by atomic mass is 10.8. The summed E-state index contributed by atoms with van der Waals surface area (Å²) in [6, 6.07) is 0. The molecular weight excluding hydrogens is 204 g/mol. The Kier molecular flexibility index (Phi) is 186. The fraction of sp³-hybridized carbons (Fsp3) is 0.923. The van der Waals surface area contributed by atoms with E-state index >= 15 is 0 Å². The third-order valence-corrected chi connectivity index (χ3v) is 1.64. The quantitative estimate of drug-likeness (QED) is 0.361. The predicted molar refractivity (Wildman–Crippen MR) is 87.1 cm³/mol. The standard InChI is InChI=1S/C6H14OS.7CH4/c1-4-7-5-6-8(2)3;;;;;;;/h2,4-6H2,1,3H3;7*1H4. The summed E-state index contributed by atoms with van der Waals surface area (Å²) in [6.07, 6.45) is 5.98. The van der Waals surface area contributed by atoms with E-state index < -0.39 is 0 Å². The summed E-state index contributed by atoms with van der Waals surface area (Å²) in [7, 11) is 0.308. The van der Waals surface area contributed by atoms with Gasteiger partial charge in [-0.15, -0.1) is 6.26 Å². The highest BCUT2D eigenvalue weighted by Gasteiger charge is 1.91. The summed E-state index contributed by atoms with van der Waals surface area (Å²) in [5.74, 6) is 1.10. The van der Waals surface area contributed by atoms with Crippen LogP contribution in [0.15, 0.2) is 0 Å². The van der Waals surface area contributed by atoms with Gasteiger partial charge in [-0.2, -0.15) is 10.9 Å². The average Bonchev–Trinajstić information content (AvgIpc) is 1.66. The lowest BCUT2D eigenvalue weighted by molar-refractivity contribution is 0.164. The topological polar surface area (TPSA) is 9.23 Å². The maximum absolute atomic E-state index is 5.11. The zero-order valence-electron chi connectivity index (χ0n) is 5.64. The molecule has 0 bridgehead atoms. The molecule has 0 N–H and O–H groups in total. The van der Waals surface area contributed by atoms with Crippen molar-refractivity contribution in [3.63, 3.8) is 0 Å². The van der Waals surface area contributed by atoms with Crippen molar-refractivity contribution >= 4 is 10.9 Å². The van der Waals surface area contributed by atoms with Crippen LogP contribution in [-0.4, -0.2) is 25.2 Å². The van der Waals surface area contributed by atoms with Crippen LogP contribution in [0.5, 0.6) is 0 Å². The number of hydrogen-bond donors (Lipinski definition) is 0. The molecule has 0 heterocycles. The Morgan fingerprint density at radius 3 is 1.47 bits per heavy atom. The van der Waals surface area contributed by atoms with Crippen LogP contribution in [0, 0.1) is 6.26 Å². The highest BCUT2D eigenvalue weighted by Crippen LogP contribution is 1.85. The minimum Gasteiger partial charge on any atom is -0.377 e. The molecule has 1 nitrogen and oxygen atoms in total. The average molecular weight is 247 g/mol. The van der Waals surface area contributed by atoms with Crippen LogP contribution in [0.2, 0.25) is 0 Å². The maximum Gasteiger partial charge on any atom is 0.102 e. The first-order valence-corrected chi connectivity index (χ1v) is 4.74. The van der Waals surface area contributed by atoms with Crippen LogP contribution in [0.4, 0.5) is 0 Å². The molecule has 1 atom stereocenters. The van der Waals surface area contributed by atoms with E-state index in [-0.39, 0.29) is 52.0 Å². The summed E-state index contributed by atoms with van der Waals surface area (Å²) < 4.78 is 5.11. The smallest absolute Gasteiger partial charge is 0.102 e. The Morgan fingerprint density at radius 1 is 0.933 bits per heavy atom. The molecule has 15 heavy (non-hydrogen) atoms. The molecular formula is C13H42OS. The Morgan fingerprint density at radius 2 is 1.27 bits per heavy atom. The molecule has 0 aliphatic carbocycles. The van der Waals surface area contributed by atoms with Crippen LogP contribution in [0.3, 0.4) is 0 Å². The lowest BCUT2D eigenvalue weighted by Crippen LogP contribution is -2.07. The van der Waals surface area contributed by atoms with Crippen LogP contribution in [0.1, 0.15) is 58.9 Å². The van der Waals surface area contributed by atoms with E-state index in [9.17, 15) is 0 Å². The second-order valence-electron chi connectivity index (χ2n) is 1.68. The minimum absolute atomic E-state index is 0. The van der Waals surface area contributed by atoms with Gasteiger partial charge in [-0.25, -0.2) is 0 Å². The van der Waals surface area contributed by atoms with Gasteiger partial charge in [-0.1, -0.05) is 52.0 Å². The van der Waals surface area contributed by atoms with Crippen molar-refractivity contribution in [1.29, 1.82) is 0 Å². The SMILES string of the molecule is C.C.C.C.C.C.C.[CH2-][S+](C)CCOCC. The van der Waals surface area contributed by atoms with Gasteiger partial charge in [-0.05, 0) is 6.92 Å². The van der Waals surface area contributed by atoms with E-state index in [4.69, 9.17) is 4.74 Å². The third-order valence-electron chi connectivity index (χ3n) is 0.780. The van der Waals surface area contributed by atoms with Gasteiger partial charge >= 0.3 is 0 Å². The van der Waals surface area contributed by atoms with E-state index in [1.54, 1.807) is 0 Å². The van der Waals surface area contributed by atoms with E-state index in [0.29, 0.717) is 10.9 Å². The lowest BCUT2D eigenvalue weighted by Gasteiger charge is -2.01. The normalized spacial score (nSPS) is 7.40. The molecule has 0 aromatic carbocycles. The number of ether oxygens (including phenoxy) is 1.